The van der Waals surface area contributed by atoms with Crippen LogP contribution in [0.1, 0.15) is 0 Å². The van der Waals surface area contributed by atoms with Crippen molar-refractivity contribution < 1.29 is 22.4 Å². The molecule has 0 aliphatic carbocycles. The smallest absolute Gasteiger partial charge is 0.762 e. The second-order valence-corrected chi connectivity index (χ2v) is 14.6. The average Bonchev–Trinajstić information content (AvgIpc) is 3.13. The van der Waals surface area contributed by atoms with Crippen molar-refractivity contribution in [1.29, 1.82) is 10.5 Å². The predicted molar refractivity (Wildman–Crippen MR) is 196 cm³/mol. The van der Waals surface area contributed by atoms with E-state index >= 15 is 0 Å². The summed E-state index contributed by atoms with van der Waals surface area (Å²) < 4.78 is 0. The van der Waals surface area contributed by atoms with E-state index in [-0.39, 0.29) is 22.4 Å². The monoisotopic (exact) mass is 813 g/mol. The van der Waals surface area contributed by atoms with Crippen molar-refractivity contribution in [3.05, 3.63) is 193 Å². The zero-order valence-corrected chi connectivity index (χ0v) is 29.1. The molecule has 6 aromatic rings. The molecule has 0 radical (unpaired) electrons. The van der Waals surface area contributed by atoms with Crippen molar-refractivity contribution in [3.8, 4) is 12.1 Å². The van der Waals surface area contributed by atoms with Crippen LogP contribution in [0.25, 0.3) is 5.41 Å². The fourth-order valence-corrected chi connectivity index (χ4v) is 9.86. The Morgan fingerprint density at radius 3 is 0.652 bits per heavy atom. The minimum Gasteiger partial charge on any atom is -0.762 e. The molecule has 0 aromatic heterocycles. The Kier molecular flexibility index (Phi) is 15.9. The molecule has 0 N–H and O–H groups in total. The molecule has 0 atom stereocenters. The Balaban J connectivity index is 0.000000205. The number of hydrogen-bond acceptors (Lipinski definition) is 2. The second kappa shape index (κ2) is 20.4. The molecule has 0 aliphatic heterocycles. The first-order chi connectivity index (χ1) is 22.2. The fraction of sp³-hybridized carbons (Fsp3) is 0. The summed E-state index contributed by atoms with van der Waals surface area (Å²) in [6.07, 6.45) is 0. The number of nitrogens with zero attached hydrogens (tertiary/aromatic N) is 3. The van der Waals surface area contributed by atoms with E-state index in [1.165, 1.54) is 49.8 Å². The maximum atomic E-state index is 7.79. The summed E-state index contributed by atoms with van der Waals surface area (Å²) in [5.41, 5.74) is -0.403. The molecule has 226 valence electrons. The molecule has 0 bridgehead atoms. The number of benzene rings is 6. The third-order valence-corrected chi connectivity index (χ3v) is 12.2. The maximum Gasteiger partial charge on any atom is 1.00 e. The zero-order valence-electron chi connectivity index (χ0n) is 25.0. The molecule has 0 unspecified atom stereocenters. The Morgan fingerprint density at radius 2 is 0.543 bits per heavy atom. The number of rotatable bonds is 6. The summed E-state index contributed by atoms with van der Waals surface area (Å²) >= 11 is 0. The van der Waals surface area contributed by atoms with Gasteiger partial charge in [-0.2, -0.15) is 10.5 Å². The van der Waals surface area contributed by atoms with Gasteiger partial charge < -0.3 is 5.41 Å². The van der Waals surface area contributed by atoms with Gasteiger partial charge in [0.05, 0.1) is 15.8 Å². The van der Waals surface area contributed by atoms with Crippen LogP contribution in [-0.2, 0) is 22.4 Å². The zero-order chi connectivity index (χ0) is 31.5. The van der Waals surface area contributed by atoms with Gasteiger partial charge in [-0.05, 0) is 72.8 Å². The van der Waals surface area contributed by atoms with E-state index in [2.05, 4.69) is 182 Å². The maximum absolute atomic E-state index is 7.79. The summed E-state index contributed by atoms with van der Waals surface area (Å²) in [6.45, 7) is 0. The largest absolute Gasteiger partial charge is 1.00 e. The second-order valence-electron chi connectivity index (χ2n) is 9.66. The van der Waals surface area contributed by atoms with E-state index in [1.807, 2.05) is 0 Å². The molecular weight excluding hydrogens is 781 g/mol. The van der Waals surface area contributed by atoms with Gasteiger partial charge in [-0.25, -0.2) is 5.87 Å². The van der Waals surface area contributed by atoms with Crippen LogP contribution in [0.5, 0.6) is 0 Å². The van der Waals surface area contributed by atoms with E-state index in [1.54, 1.807) is 0 Å². The van der Waals surface area contributed by atoms with Crippen LogP contribution in [0, 0.1) is 22.7 Å². The molecule has 6 heteroatoms. The van der Waals surface area contributed by atoms with Crippen LogP contribution >= 0.6 is 15.8 Å². The van der Waals surface area contributed by atoms with E-state index in [9.17, 15) is 0 Å². The molecule has 0 amide bonds. The van der Waals surface area contributed by atoms with Crippen molar-refractivity contribution in [2.24, 2.45) is 0 Å². The van der Waals surface area contributed by atoms with Gasteiger partial charge in [-0.15, -0.1) is 0 Å². The third kappa shape index (κ3) is 10.8. The topological polar surface area (TPSA) is 69.9 Å². The molecule has 0 fully saturated rings. The van der Waals surface area contributed by atoms with Crippen molar-refractivity contribution >= 4 is 53.5 Å². The van der Waals surface area contributed by atoms with Crippen LogP contribution in [0.15, 0.2) is 188 Å². The van der Waals surface area contributed by atoms with Gasteiger partial charge in [0.1, 0.15) is 49.5 Å². The summed E-state index contributed by atoms with van der Waals surface area (Å²) in [7, 11) is -1.75. The number of hydrogen-bond donors (Lipinski definition) is 0. The van der Waals surface area contributed by atoms with E-state index < -0.39 is 21.4 Å². The fourth-order valence-electron chi connectivity index (χ4n) is 4.70. The summed E-state index contributed by atoms with van der Waals surface area (Å²) in [4.78, 5) is 0. The van der Waals surface area contributed by atoms with Gasteiger partial charge in [0.25, 0.3) is 0 Å². The van der Waals surface area contributed by atoms with Gasteiger partial charge in [0, 0.05) is 0 Å². The molecule has 6 rings (SSSR count). The quantitative estimate of drug-likeness (QED) is 0.0830. The Morgan fingerprint density at radius 1 is 0.370 bits per heavy atom. The molecule has 6 aromatic carbocycles. The first-order valence-electron chi connectivity index (χ1n) is 14.4. The van der Waals surface area contributed by atoms with E-state index in [4.69, 9.17) is 15.9 Å². The molecule has 0 heterocycles. The van der Waals surface area contributed by atoms with Gasteiger partial charge in [-0.3, -0.25) is 0 Å². The van der Waals surface area contributed by atoms with E-state index in [0.29, 0.717) is 0 Å². The molecule has 0 saturated carbocycles. The summed E-state index contributed by atoms with van der Waals surface area (Å²) in [5.74, 6) is 1.40. The van der Waals surface area contributed by atoms with Crippen LogP contribution in [0.3, 0.4) is 0 Å². The summed E-state index contributed by atoms with van der Waals surface area (Å²) in [6, 6.07) is 67.8. The van der Waals surface area contributed by atoms with Crippen molar-refractivity contribution in [2.45, 2.75) is 0 Å². The molecule has 0 saturated heterocycles. The first kappa shape index (κ1) is 35.8. The molecular formula is C40H32AuN3P2+2. The van der Waals surface area contributed by atoms with Crippen molar-refractivity contribution in [2.75, 3.05) is 0 Å². The van der Waals surface area contributed by atoms with Crippen LogP contribution in [0.2, 0.25) is 0 Å². The molecule has 0 aliphatic rings. The average molecular weight is 814 g/mol. The van der Waals surface area contributed by atoms with Crippen molar-refractivity contribution in [3.63, 3.8) is 0 Å². The van der Waals surface area contributed by atoms with Crippen LogP contribution < -0.4 is 31.8 Å². The van der Waals surface area contributed by atoms with Gasteiger partial charge in [-0.1, -0.05) is 109 Å². The minimum atomic E-state index is -0.877. The van der Waals surface area contributed by atoms with E-state index in [0.717, 1.165) is 0 Å². The molecule has 0 spiro atoms. The number of allylic oxidation sites excluding steroid dienone is 1. The minimum absolute atomic E-state index is 0. The predicted octanol–water partition coefficient (Wildman–Crippen LogP) is 6.55. The Labute approximate surface area is 290 Å². The molecule has 46 heavy (non-hydrogen) atoms. The van der Waals surface area contributed by atoms with Crippen molar-refractivity contribution in [1.82, 2.24) is 0 Å². The normalized spacial score (nSPS) is 9.48. The van der Waals surface area contributed by atoms with Crippen LogP contribution in [0.4, 0.5) is 0 Å². The van der Waals surface area contributed by atoms with Gasteiger partial charge >= 0.3 is 22.4 Å². The Bertz CT molecular complexity index is 1530. The number of nitriles is 2. The van der Waals surface area contributed by atoms with Gasteiger partial charge in [0.2, 0.25) is 0 Å². The first-order valence-corrected chi connectivity index (χ1v) is 17.4. The standard InChI is InChI=1S/2C18H15P.C4N3.Au/c2*1-4-10-16(11-5-1)19(17-12-6-2-7-13-17)18-14-8-3-9-15-18;5-1-4(2-6)3-7;/h2*1-15H;;/q;;-1;+1/p+2. The van der Waals surface area contributed by atoms with Crippen LogP contribution in [-0.4, -0.2) is 5.87 Å². The third-order valence-electron chi connectivity index (χ3n) is 6.71. The summed E-state index contributed by atoms with van der Waals surface area (Å²) in [5, 5.41) is 32.0. The molecule has 3 nitrogen and oxygen atoms in total. The Hall–Kier alpha value is -4.65. The SMILES string of the molecule is N#CC(=C=[N-])C#N.[Au+].c1ccc([PH+](c2ccccc2)c2ccccc2)cc1.c1ccc([PH+](c2ccccc2)c2ccccc2)cc1. The van der Waals surface area contributed by atoms with Gasteiger partial charge in [0.15, 0.2) is 0 Å².